The van der Waals surface area contributed by atoms with Gasteiger partial charge in [-0.15, -0.1) is 10.2 Å². The molecule has 0 aliphatic rings. The van der Waals surface area contributed by atoms with Crippen LogP contribution in [0.25, 0.3) is 17.1 Å². The summed E-state index contributed by atoms with van der Waals surface area (Å²) in [6.07, 6.45) is 0. The predicted octanol–water partition coefficient (Wildman–Crippen LogP) is 8.62. The van der Waals surface area contributed by atoms with Crippen LogP contribution < -0.4 is 4.90 Å². The Labute approximate surface area is 262 Å². The number of halogens is 2. The lowest BCUT2D eigenvalue weighted by Gasteiger charge is -2.31. The summed E-state index contributed by atoms with van der Waals surface area (Å²) < 4.78 is 2.61. The van der Waals surface area contributed by atoms with E-state index < -0.39 is 11.9 Å². The fourth-order valence-corrected chi connectivity index (χ4v) is 5.33. The molecule has 0 aliphatic heterocycles. The summed E-state index contributed by atoms with van der Waals surface area (Å²) in [5.74, 6) is -0.197. The van der Waals surface area contributed by atoms with Crippen LogP contribution in [-0.4, -0.2) is 26.5 Å². The van der Waals surface area contributed by atoms with Crippen LogP contribution in [0.5, 0.6) is 0 Å². The van der Waals surface area contributed by atoms with Gasteiger partial charge in [-0.3, -0.25) is 19.1 Å². The predicted molar refractivity (Wildman–Crippen MR) is 173 cm³/mol. The zero-order chi connectivity index (χ0) is 29.8. The molecule has 6 nitrogen and oxygen atoms in total. The lowest BCUT2D eigenvalue weighted by Crippen LogP contribution is -2.40. The maximum absolute atomic E-state index is 14.9. The molecule has 0 radical (unpaired) electrons. The number of ketones is 1. The largest absolute Gasteiger partial charge is 0.297 e. The van der Waals surface area contributed by atoms with Crippen molar-refractivity contribution in [3.8, 4) is 17.1 Å². The summed E-state index contributed by atoms with van der Waals surface area (Å²) in [6.45, 7) is 0. The van der Waals surface area contributed by atoms with Gasteiger partial charge in [-0.05, 0) is 54.1 Å². The minimum Gasteiger partial charge on any atom is -0.291 e. The van der Waals surface area contributed by atoms with Crippen molar-refractivity contribution < 1.29 is 9.59 Å². The average molecular weight is 648 g/mol. The monoisotopic (exact) mass is 646 g/mol. The number of carbonyl (C=O) groups excluding carboxylic acids is 2. The quantitative estimate of drug-likeness (QED) is 0.155. The Morgan fingerprint density at radius 3 is 1.91 bits per heavy atom. The maximum Gasteiger partial charge on any atom is 0.297 e. The van der Waals surface area contributed by atoms with Gasteiger partial charge in [-0.25, -0.2) is 0 Å². The molecule has 1 unspecified atom stereocenters. The third kappa shape index (κ3) is 5.91. The van der Waals surface area contributed by atoms with Crippen molar-refractivity contribution in [1.29, 1.82) is 0 Å². The molecule has 210 valence electrons. The van der Waals surface area contributed by atoms with Crippen LogP contribution in [0.3, 0.4) is 0 Å². The SMILES string of the molecule is O=C(c1ccccc1)C(c1ccccc1)N(C(=O)c1nnc(-c2ccccc2)n1-c1ccc(Br)cc1)c1ccc(Cl)cc1. The molecule has 1 amide bonds. The highest BCUT2D eigenvalue weighted by atomic mass is 79.9. The first-order valence-electron chi connectivity index (χ1n) is 13.5. The van der Waals surface area contributed by atoms with Gasteiger partial charge in [0, 0.05) is 32.0 Å². The minimum absolute atomic E-state index is 0.0536. The summed E-state index contributed by atoms with van der Waals surface area (Å²) in [4.78, 5) is 30.7. The number of carbonyl (C=O) groups is 2. The molecule has 6 aromatic rings. The molecule has 5 aromatic carbocycles. The van der Waals surface area contributed by atoms with E-state index in [-0.39, 0.29) is 11.6 Å². The second-order valence-corrected chi connectivity index (χ2v) is 11.1. The Bertz CT molecular complexity index is 1860. The van der Waals surface area contributed by atoms with Gasteiger partial charge in [0.15, 0.2) is 11.6 Å². The summed E-state index contributed by atoms with van der Waals surface area (Å²) >= 11 is 9.75. The van der Waals surface area contributed by atoms with E-state index >= 15 is 0 Å². The highest BCUT2D eigenvalue weighted by Gasteiger charge is 2.37. The standard InChI is InChI=1S/C35H24BrClN4O2/c36-27-16-20-30(21-17-27)41-33(26-14-8-3-9-15-26)38-39-34(41)35(43)40(29-22-18-28(37)19-23-29)31(24-10-4-1-5-11-24)32(42)25-12-6-2-7-13-25/h1-23,31H. The number of amides is 1. The van der Waals surface area contributed by atoms with E-state index in [1.165, 1.54) is 4.90 Å². The first-order valence-corrected chi connectivity index (χ1v) is 14.7. The van der Waals surface area contributed by atoms with Crippen LogP contribution in [0.4, 0.5) is 5.69 Å². The number of rotatable bonds is 8. The van der Waals surface area contributed by atoms with Crippen molar-refractivity contribution in [2.75, 3.05) is 4.90 Å². The molecule has 1 aromatic heterocycles. The van der Waals surface area contributed by atoms with Gasteiger partial charge in [-0.1, -0.05) is 119 Å². The summed E-state index contributed by atoms with van der Waals surface area (Å²) in [5.41, 5.74) is 3.09. The smallest absolute Gasteiger partial charge is 0.291 e. The van der Waals surface area contributed by atoms with Crippen molar-refractivity contribution in [1.82, 2.24) is 14.8 Å². The molecule has 1 heterocycles. The van der Waals surface area contributed by atoms with Crippen molar-refractivity contribution in [2.24, 2.45) is 0 Å². The molecule has 8 heteroatoms. The zero-order valence-corrected chi connectivity index (χ0v) is 25.1. The summed E-state index contributed by atoms with van der Waals surface area (Å²) in [7, 11) is 0. The van der Waals surface area contributed by atoms with E-state index in [4.69, 9.17) is 11.6 Å². The van der Waals surface area contributed by atoms with Crippen molar-refractivity contribution in [3.63, 3.8) is 0 Å². The zero-order valence-electron chi connectivity index (χ0n) is 22.7. The van der Waals surface area contributed by atoms with Crippen LogP contribution in [-0.2, 0) is 0 Å². The van der Waals surface area contributed by atoms with Gasteiger partial charge in [-0.2, -0.15) is 0 Å². The number of Topliss-reactive ketones (excluding diaryl/α,β-unsaturated/α-hetero) is 1. The van der Waals surface area contributed by atoms with Gasteiger partial charge in [0.25, 0.3) is 5.91 Å². The first-order chi connectivity index (χ1) is 21.0. The van der Waals surface area contributed by atoms with Crippen LogP contribution in [0.1, 0.15) is 32.6 Å². The first kappa shape index (κ1) is 28.3. The second kappa shape index (κ2) is 12.6. The average Bonchev–Trinajstić information content (AvgIpc) is 3.50. The minimum atomic E-state index is -1.01. The molecule has 43 heavy (non-hydrogen) atoms. The van der Waals surface area contributed by atoms with E-state index in [2.05, 4.69) is 26.1 Å². The van der Waals surface area contributed by atoms with E-state index in [0.717, 1.165) is 10.0 Å². The second-order valence-electron chi connectivity index (χ2n) is 9.72. The molecule has 0 bridgehead atoms. The number of anilines is 1. The fourth-order valence-electron chi connectivity index (χ4n) is 4.94. The molecule has 0 saturated heterocycles. The van der Waals surface area contributed by atoms with E-state index in [9.17, 15) is 9.59 Å². The van der Waals surface area contributed by atoms with E-state index in [0.29, 0.717) is 33.3 Å². The van der Waals surface area contributed by atoms with Crippen LogP contribution in [0.15, 0.2) is 144 Å². The normalized spacial score (nSPS) is 11.6. The van der Waals surface area contributed by atoms with Crippen LogP contribution in [0, 0.1) is 0 Å². The molecule has 0 fully saturated rings. The molecule has 1 atom stereocenters. The fraction of sp³-hybridized carbons (Fsp3) is 0.0286. The van der Waals surface area contributed by atoms with Gasteiger partial charge in [0.05, 0.1) is 0 Å². The number of aromatic nitrogens is 3. The maximum atomic E-state index is 14.9. The van der Waals surface area contributed by atoms with Crippen molar-refractivity contribution in [2.45, 2.75) is 6.04 Å². The topological polar surface area (TPSA) is 68.1 Å². The van der Waals surface area contributed by atoms with Crippen LogP contribution in [0.2, 0.25) is 5.02 Å². The van der Waals surface area contributed by atoms with Crippen molar-refractivity contribution >= 4 is 44.9 Å². The van der Waals surface area contributed by atoms with Gasteiger partial charge >= 0.3 is 0 Å². The Balaban J connectivity index is 1.58. The molecular formula is C35H24BrClN4O2. The lowest BCUT2D eigenvalue weighted by atomic mass is 9.95. The Morgan fingerprint density at radius 2 is 1.28 bits per heavy atom. The molecule has 0 saturated carbocycles. The molecule has 0 aliphatic carbocycles. The summed E-state index contributed by atoms with van der Waals surface area (Å²) in [6, 6.07) is 41.2. The lowest BCUT2D eigenvalue weighted by molar-refractivity contribution is 0.0890. The Kier molecular flexibility index (Phi) is 8.27. The Hall–Kier alpha value is -4.85. The molecule has 0 N–H and O–H groups in total. The van der Waals surface area contributed by atoms with E-state index in [1.807, 2.05) is 91.0 Å². The third-order valence-electron chi connectivity index (χ3n) is 6.97. The number of benzene rings is 5. The highest BCUT2D eigenvalue weighted by molar-refractivity contribution is 9.10. The number of nitrogens with zero attached hydrogens (tertiary/aromatic N) is 4. The third-order valence-corrected chi connectivity index (χ3v) is 7.76. The van der Waals surface area contributed by atoms with Gasteiger partial charge in [0.2, 0.25) is 5.82 Å². The van der Waals surface area contributed by atoms with Crippen molar-refractivity contribution in [3.05, 3.63) is 166 Å². The van der Waals surface area contributed by atoms with Crippen LogP contribution >= 0.6 is 27.5 Å². The molecule has 0 spiro atoms. The summed E-state index contributed by atoms with van der Waals surface area (Å²) in [5, 5.41) is 9.42. The number of hydrogen-bond acceptors (Lipinski definition) is 4. The van der Waals surface area contributed by atoms with Gasteiger partial charge < -0.3 is 0 Å². The van der Waals surface area contributed by atoms with E-state index in [1.54, 1.807) is 53.1 Å². The molecular weight excluding hydrogens is 624 g/mol. The highest BCUT2D eigenvalue weighted by Crippen LogP contribution is 2.34. The number of hydrogen-bond donors (Lipinski definition) is 0. The van der Waals surface area contributed by atoms with Gasteiger partial charge in [0.1, 0.15) is 6.04 Å². The molecule has 6 rings (SSSR count). The Morgan fingerprint density at radius 1 is 0.698 bits per heavy atom.